The van der Waals surface area contributed by atoms with Gasteiger partial charge in [0.15, 0.2) is 5.75 Å². The van der Waals surface area contributed by atoms with Gasteiger partial charge in [0.1, 0.15) is 6.04 Å². The highest BCUT2D eigenvalue weighted by molar-refractivity contribution is 5.83. The van der Waals surface area contributed by atoms with Crippen molar-refractivity contribution in [1.82, 2.24) is 5.32 Å². The van der Waals surface area contributed by atoms with Gasteiger partial charge in [-0.2, -0.15) is 0 Å². The normalized spacial score (nSPS) is 11.5. The van der Waals surface area contributed by atoms with Crippen LogP contribution >= 0.6 is 0 Å². The van der Waals surface area contributed by atoms with Gasteiger partial charge in [-0.1, -0.05) is 6.07 Å². The summed E-state index contributed by atoms with van der Waals surface area (Å²) in [5.41, 5.74) is -0.0377. The molecule has 0 aliphatic carbocycles. The first-order chi connectivity index (χ1) is 9.85. The van der Waals surface area contributed by atoms with Gasteiger partial charge in [0.2, 0.25) is 5.91 Å². The monoisotopic (exact) mass is 296 g/mol. The number of hydrogen-bond acceptors (Lipinski definition) is 6. The first kappa shape index (κ1) is 16.4. The summed E-state index contributed by atoms with van der Waals surface area (Å²) in [4.78, 5) is 32.9. The van der Waals surface area contributed by atoms with Crippen LogP contribution in [0, 0.1) is 10.1 Å². The molecule has 0 saturated heterocycles. The molecule has 1 aromatic rings. The lowest BCUT2D eigenvalue weighted by Gasteiger charge is -2.16. The van der Waals surface area contributed by atoms with Gasteiger partial charge in [0, 0.05) is 19.4 Å². The molecule has 0 spiro atoms. The zero-order valence-electron chi connectivity index (χ0n) is 11.7. The van der Waals surface area contributed by atoms with E-state index in [-0.39, 0.29) is 13.0 Å². The van der Waals surface area contributed by atoms with E-state index < -0.39 is 34.3 Å². The molecule has 1 rings (SSSR count). The third-order valence-corrected chi connectivity index (χ3v) is 2.62. The Kier molecular flexibility index (Phi) is 5.65. The number of amides is 1. The highest BCUT2D eigenvalue weighted by atomic mass is 16.6. The minimum absolute atomic E-state index is 0.0273. The van der Waals surface area contributed by atoms with Crippen molar-refractivity contribution in [2.45, 2.75) is 26.3 Å². The van der Waals surface area contributed by atoms with Crippen molar-refractivity contribution in [3.8, 4) is 5.75 Å². The summed E-state index contributed by atoms with van der Waals surface area (Å²) in [5.74, 6) is -1.50. The average Bonchev–Trinajstić information content (AvgIpc) is 2.39. The van der Waals surface area contributed by atoms with Crippen LogP contribution in [0.4, 0.5) is 5.69 Å². The second-order valence-electron chi connectivity index (χ2n) is 4.29. The third kappa shape index (κ3) is 4.75. The van der Waals surface area contributed by atoms with E-state index in [0.717, 1.165) is 6.07 Å². The molecule has 0 heterocycles. The van der Waals surface area contributed by atoms with Crippen molar-refractivity contribution < 1.29 is 24.4 Å². The number of benzene rings is 1. The van der Waals surface area contributed by atoms with Gasteiger partial charge in [0.05, 0.1) is 11.5 Å². The quantitative estimate of drug-likeness (QED) is 0.457. The Hall–Kier alpha value is -2.64. The van der Waals surface area contributed by atoms with Crippen LogP contribution < -0.4 is 5.32 Å². The maximum atomic E-state index is 11.7. The predicted octanol–water partition coefficient (Wildman–Crippen LogP) is 0.911. The number of carbonyl (C=O) groups is 2. The minimum atomic E-state index is -0.938. The second kappa shape index (κ2) is 7.22. The van der Waals surface area contributed by atoms with E-state index in [9.17, 15) is 24.8 Å². The molecule has 0 saturated carbocycles. The Labute approximate surface area is 120 Å². The second-order valence-corrected chi connectivity index (χ2v) is 4.29. The highest BCUT2D eigenvalue weighted by Crippen LogP contribution is 2.26. The Morgan fingerprint density at radius 3 is 2.67 bits per heavy atom. The van der Waals surface area contributed by atoms with Gasteiger partial charge in [-0.05, 0) is 18.6 Å². The Morgan fingerprint density at radius 2 is 2.14 bits per heavy atom. The number of phenolic OH excluding ortho intramolecular Hbond substituents is 1. The number of nitrogens with zero attached hydrogens (tertiary/aromatic N) is 1. The molecule has 1 atom stereocenters. The first-order valence-electron chi connectivity index (χ1n) is 6.25. The summed E-state index contributed by atoms with van der Waals surface area (Å²) in [6, 6.07) is 2.83. The molecular formula is C13H16N2O6. The van der Waals surface area contributed by atoms with Crippen LogP contribution in [0.2, 0.25) is 0 Å². The van der Waals surface area contributed by atoms with Gasteiger partial charge in [-0.15, -0.1) is 0 Å². The van der Waals surface area contributed by atoms with Gasteiger partial charge < -0.3 is 15.2 Å². The molecule has 1 amide bonds. The number of ether oxygens (including phenoxy) is 1. The number of nitro benzene ring substituents is 1. The molecule has 0 aliphatic heterocycles. The molecule has 21 heavy (non-hydrogen) atoms. The van der Waals surface area contributed by atoms with Gasteiger partial charge in [-0.3, -0.25) is 14.9 Å². The highest BCUT2D eigenvalue weighted by Gasteiger charge is 2.23. The lowest BCUT2D eigenvalue weighted by Crippen LogP contribution is -2.42. The number of nitro groups is 1. The molecule has 114 valence electrons. The van der Waals surface area contributed by atoms with E-state index in [2.05, 4.69) is 5.32 Å². The van der Waals surface area contributed by atoms with E-state index in [1.54, 1.807) is 6.92 Å². The summed E-state index contributed by atoms with van der Waals surface area (Å²) in [6.45, 7) is 3.05. The fourth-order valence-corrected chi connectivity index (χ4v) is 1.76. The van der Waals surface area contributed by atoms with E-state index in [1.807, 2.05) is 0 Å². The molecule has 0 radical (unpaired) electrons. The fourth-order valence-electron chi connectivity index (χ4n) is 1.76. The number of esters is 1. The van der Waals surface area contributed by atoms with E-state index >= 15 is 0 Å². The van der Waals surface area contributed by atoms with Gasteiger partial charge in [-0.25, -0.2) is 4.79 Å². The lowest BCUT2D eigenvalue weighted by molar-refractivity contribution is -0.385. The van der Waals surface area contributed by atoms with Crippen LogP contribution in [0.1, 0.15) is 19.4 Å². The van der Waals surface area contributed by atoms with Crippen molar-refractivity contribution in [2.75, 3.05) is 6.61 Å². The summed E-state index contributed by atoms with van der Waals surface area (Å²) < 4.78 is 4.84. The largest absolute Gasteiger partial charge is 0.502 e. The molecular weight excluding hydrogens is 280 g/mol. The predicted molar refractivity (Wildman–Crippen MR) is 72.7 cm³/mol. The Morgan fingerprint density at radius 1 is 1.48 bits per heavy atom. The van der Waals surface area contributed by atoms with Crippen molar-refractivity contribution in [2.24, 2.45) is 0 Å². The number of aromatic hydroxyl groups is 1. The lowest BCUT2D eigenvalue weighted by atomic mass is 10.0. The SMILES string of the molecule is CCOC(=O)[C@@H](Cc1ccc(O)c([N+](=O)[O-])c1)NC(C)=O. The van der Waals surface area contributed by atoms with Crippen molar-refractivity contribution in [1.29, 1.82) is 0 Å². The Bertz CT molecular complexity index is 558. The number of nitrogens with one attached hydrogen (secondary N) is 1. The van der Waals surface area contributed by atoms with Crippen LogP contribution in [0.3, 0.4) is 0 Å². The molecule has 2 N–H and O–H groups in total. The van der Waals surface area contributed by atoms with E-state index in [1.165, 1.54) is 19.1 Å². The van der Waals surface area contributed by atoms with Crippen LogP contribution in [0.25, 0.3) is 0 Å². The van der Waals surface area contributed by atoms with Gasteiger partial charge in [0.25, 0.3) is 0 Å². The molecule has 8 nitrogen and oxygen atoms in total. The van der Waals surface area contributed by atoms with Crippen LogP contribution in [-0.2, 0) is 20.7 Å². The molecule has 1 aromatic carbocycles. The average molecular weight is 296 g/mol. The Balaban J connectivity index is 2.97. The minimum Gasteiger partial charge on any atom is -0.502 e. The zero-order chi connectivity index (χ0) is 16.0. The van der Waals surface area contributed by atoms with Crippen LogP contribution in [0.5, 0.6) is 5.75 Å². The molecule has 0 aromatic heterocycles. The van der Waals surface area contributed by atoms with E-state index in [0.29, 0.717) is 5.56 Å². The maximum absolute atomic E-state index is 11.7. The molecule has 0 fully saturated rings. The molecule has 8 heteroatoms. The summed E-state index contributed by atoms with van der Waals surface area (Å²) in [5, 5.41) is 22.6. The van der Waals surface area contributed by atoms with Crippen molar-refractivity contribution in [3.05, 3.63) is 33.9 Å². The number of rotatable bonds is 6. The number of hydrogen-bond donors (Lipinski definition) is 2. The van der Waals surface area contributed by atoms with Crippen LogP contribution in [0.15, 0.2) is 18.2 Å². The summed E-state index contributed by atoms with van der Waals surface area (Å²) in [6.07, 6.45) is 0.0273. The van der Waals surface area contributed by atoms with E-state index in [4.69, 9.17) is 4.74 Å². The standard InChI is InChI=1S/C13H16N2O6/c1-3-21-13(18)10(14-8(2)16)6-9-4-5-12(17)11(7-9)15(19)20/h4-5,7,10,17H,3,6H2,1-2H3,(H,14,16)/t10-/m1/s1. The zero-order valence-corrected chi connectivity index (χ0v) is 11.7. The summed E-state index contributed by atoms with van der Waals surface area (Å²) >= 11 is 0. The summed E-state index contributed by atoms with van der Waals surface area (Å²) in [7, 11) is 0. The van der Waals surface area contributed by atoms with Crippen molar-refractivity contribution >= 4 is 17.6 Å². The van der Waals surface area contributed by atoms with Crippen molar-refractivity contribution in [3.63, 3.8) is 0 Å². The fraction of sp³-hybridized carbons (Fsp3) is 0.385. The third-order valence-electron chi connectivity index (χ3n) is 2.62. The topological polar surface area (TPSA) is 119 Å². The molecule has 0 unspecified atom stereocenters. The number of carbonyl (C=O) groups excluding carboxylic acids is 2. The first-order valence-corrected chi connectivity index (χ1v) is 6.25. The molecule has 0 aliphatic rings. The maximum Gasteiger partial charge on any atom is 0.328 e. The van der Waals surface area contributed by atoms with Gasteiger partial charge >= 0.3 is 11.7 Å². The smallest absolute Gasteiger partial charge is 0.328 e. The molecule has 0 bridgehead atoms. The number of phenols is 1. The van der Waals surface area contributed by atoms with Crippen LogP contribution in [-0.4, -0.2) is 34.6 Å².